The molecule has 0 spiro atoms. The number of rotatable bonds is 6. The smallest absolute Gasteiger partial charge is 0.290 e. The predicted molar refractivity (Wildman–Crippen MR) is 80.6 cm³/mol. The van der Waals surface area contributed by atoms with Gasteiger partial charge in [0.2, 0.25) is 0 Å². The number of hydrogen-bond donors (Lipinski definition) is 1. The fourth-order valence-corrected chi connectivity index (χ4v) is 1.94. The molecule has 1 heterocycles. The molecule has 0 aliphatic heterocycles. The highest BCUT2D eigenvalue weighted by Crippen LogP contribution is 2.20. The first-order valence-corrected chi connectivity index (χ1v) is 6.66. The van der Waals surface area contributed by atoms with E-state index in [1.807, 2.05) is 31.2 Å². The molecule has 0 saturated carbocycles. The minimum Gasteiger partial charge on any atom is -0.494 e. The molecule has 6 nitrogen and oxygen atoms in total. The lowest BCUT2D eigenvalue weighted by molar-refractivity contribution is -0.385. The van der Waals surface area contributed by atoms with Gasteiger partial charge in [-0.3, -0.25) is 10.1 Å². The topological polar surface area (TPSA) is 77.3 Å². The van der Waals surface area contributed by atoms with E-state index in [0.717, 1.165) is 11.3 Å². The Morgan fingerprint density at radius 1 is 1.38 bits per heavy atom. The molecular weight excluding hydrogens is 270 g/mol. The Balaban J connectivity index is 2.04. The number of nitro groups is 1. The van der Waals surface area contributed by atoms with E-state index in [-0.39, 0.29) is 5.69 Å². The Labute approximate surface area is 122 Å². The largest absolute Gasteiger partial charge is 0.494 e. The van der Waals surface area contributed by atoms with Crippen LogP contribution in [0, 0.1) is 17.0 Å². The van der Waals surface area contributed by atoms with E-state index in [4.69, 9.17) is 4.74 Å². The van der Waals surface area contributed by atoms with Crippen LogP contribution in [0.2, 0.25) is 0 Å². The number of hydrogen-bond acceptors (Lipinski definition) is 5. The molecule has 0 amide bonds. The first-order chi connectivity index (χ1) is 10.1. The number of aryl methyl sites for hydroxylation is 1. The zero-order valence-corrected chi connectivity index (χ0v) is 12.0. The highest BCUT2D eigenvalue weighted by Gasteiger charge is 2.11. The van der Waals surface area contributed by atoms with Gasteiger partial charge in [0, 0.05) is 12.1 Å². The molecule has 0 bridgehead atoms. The molecule has 1 aromatic carbocycles. The molecule has 0 aliphatic rings. The van der Waals surface area contributed by atoms with Crippen LogP contribution in [-0.2, 0) is 6.54 Å². The van der Waals surface area contributed by atoms with Crippen molar-refractivity contribution in [2.24, 2.45) is 0 Å². The van der Waals surface area contributed by atoms with Crippen LogP contribution in [0.3, 0.4) is 0 Å². The van der Waals surface area contributed by atoms with E-state index in [1.54, 1.807) is 13.0 Å². The summed E-state index contributed by atoms with van der Waals surface area (Å²) in [4.78, 5) is 14.4. The zero-order chi connectivity index (χ0) is 15.2. The standard InChI is InChI=1S/C15H17N3O3/c1-3-21-13-6-4-5-12(8-13)9-16-15-7-11(2)14(10-17-15)18(19)20/h4-8,10H,3,9H2,1-2H3,(H,16,17). The summed E-state index contributed by atoms with van der Waals surface area (Å²) >= 11 is 0. The summed E-state index contributed by atoms with van der Waals surface area (Å²) in [5.74, 6) is 1.43. The molecule has 0 fully saturated rings. The second kappa shape index (κ2) is 6.69. The predicted octanol–water partition coefficient (Wildman–Crippen LogP) is 3.31. The molecule has 1 aromatic heterocycles. The second-order valence-corrected chi connectivity index (χ2v) is 4.55. The van der Waals surface area contributed by atoms with Gasteiger partial charge < -0.3 is 10.1 Å². The van der Waals surface area contributed by atoms with Gasteiger partial charge in [-0.1, -0.05) is 12.1 Å². The SMILES string of the molecule is CCOc1cccc(CNc2cc(C)c([N+](=O)[O-])cn2)c1. The summed E-state index contributed by atoms with van der Waals surface area (Å²) in [6.45, 7) is 4.83. The molecular formula is C15H17N3O3. The quantitative estimate of drug-likeness (QED) is 0.651. The summed E-state index contributed by atoms with van der Waals surface area (Å²) < 4.78 is 5.44. The van der Waals surface area contributed by atoms with Gasteiger partial charge in [-0.25, -0.2) is 4.98 Å². The van der Waals surface area contributed by atoms with Crippen molar-refractivity contribution in [2.45, 2.75) is 20.4 Å². The maximum Gasteiger partial charge on any atom is 0.290 e. The third-order valence-corrected chi connectivity index (χ3v) is 2.96. The normalized spacial score (nSPS) is 10.2. The van der Waals surface area contributed by atoms with Gasteiger partial charge in [-0.2, -0.15) is 0 Å². The van der Waals surface area contributed by atoms with Crippen LogP contribution < -0.4 is 10.1 Å². The number of nitrogens with zero attached hydrogens (tertiary/aromatic N) is 2. The van der Waals surface area contributed by atoms with Gasteiger partial charge in [0.15, 0.2) is 0 Å². The fourth-order valence-electron chi connectivity index (χ4n) is 1.94. The maximum absolute atomic E-state index is 10.7. The van der Waals surface area contributed by atoms with E-state index in [1.165, 1.54) is 6.20 Å². The average molecular weight is 287 g/mol. The third-order valence-electron chi connectivity index (χ3n) is 2.96. The average Bonchev–Trinajstić information content (AvgIpc) is 2.45. The van der Waals surface area contributed by atoms with Crippen LogP contribution in [0.25, 0.3) is 0 Å². The summed E-state index contributed by atoms with van der Waals surface area (Å²) in [5.41, 5.74) is 1.67. The lowest BCUT2D eigenvalue weighted by atomic mass is 10.2. The van der Waals surface area contributed by atoms with Crippen molar-refractivity contribution in [1.29, 1.82) is 0 Å². The maximum atomic E-state index is 10.7. The number of ether oxygens (including phenoxy) is 1. The Kier molecular flexibility index (Phi) is 4.71. The van der Waals surface area contributed by atoms with Crippen LogP contribution in [0.4, 0.5) is 11.5 Å². The van der Waals surface area contributed by atoms with Gasteiger partial charge in [0.25, 0.3) is 5.69 Å². The Bertz CT molecular complexity index is 644. The van der Waals surface area contributed by atoms with E-state index in [2.05, 4.69) is 10.3 Å². The zero-order valence-electron chi connectivity index (χ0n) is 12.0. The van der Waals surface area contributed by atoms with Crippen LogP contribution >= 0.6 is 0 Å². The van der Waals surface area contributed by atoms with Crippen molar-refractivity contribution in [3.8, 4) is 5.75 Å². The molecule has 0 aliphatic carbocycles. The van der Waals surface area contributed by atoms with Crippen LogP contribution in [0.15, 0.2) is 36.5 Å². The molecule has 0 unspecified atom stereocenters. The first-order valence-electron chi connectivity index (χ1n) is 6.66. The molecule has 0 atom stereocenters. The minimum atomic E-state index is -0.433. The van der Waals surface area contributed by atoms with Gasteiger partial charge in [-0.15, -0.1) is 0 Å². The lowest BCUT2D eigenvalue weighted by Gasteiger charge is -2.08. The Hall–Kier alpha value is -2.63. The highest BCUT2D eigenvalue weighted by molar-refractivity contribution is 5.47. The molecule has 2 aromatic rings. The third kappa shape index (κ3) is 3.92. The van der Waals surface area contributed by atoms with E-state index in [0.29, 0.717) is 24.5 Å². The van der Waals surface area contributed by atoms with Crippen molar-refractivity contribution >= 4 is 11.5 Å². The van der Waals surface area contributed by atoms with Crippen LogP contribution in [0.5, 0.6) is 5.75 Å². The molecule has 21 heavy (non-hydrogen) atoms. The van der Waals surface area contributed by atoms with Crippen LogP contribution in [0.1, 0.15) is 18.1 Å². The minimum absolute atomic E-state index is 0.0268. The molecule has 2 rings (SSSR count). The first kappa shape index (κ1) is 14.8. The van der Waals surface area contributed by atoms with Gasteiger partial charge in [0.1, 0.15) is 17.8 Å². The summed E-state index contributed by atoms with van der Waals surface area (Å²) in [5, 5.41) is 13.9. The van der Waals surface area contributed by atoms with Crippen molar-refractivity contribution in [3.63, 3.8) is 0 Å². The number of pyridine rings is 1. The number of aromatic nitrogens is 1. The van der Waals surface area contributed by atoms with Crippen molar-refractivity contribution in [3.05, 3.63) is 57.8 Å². The number of nitrogens with one attached hydrogen (secondary N) is 1. The fraction of sp³-hybridized carbons (Fsp3) is 0.267. The number of anilines is 1. The molecule has 0 radical (unpaired) electrons. The van der Waals surface area contributed by atoms with Gasteiger partial charge in [0.05, 0.1) is 11.5 Å². The molecule has 1 N–H and O–H groups in total. The monoisotopic (exact) mass is 287 g/mol. The van der Waals surface area contributed by atoms with Crippen molar-refractivity contribution < 1.29 is 9.66 Å². The summed E-state index contributed by atoms with van der Waals surface area (Å²) in [7, 11) is 0. The highest BCUT2D eigenvalue weighted by atomic mass is 16.6. The van der Waals surface area contributed by atoms with Crippen molar-refractivity contribution in [1.82, 2.24) is 4.98 Å². The van der Waals surface area contributed by atoms with Gasteiger partial charge >= 0.3 is 0 Å². The Morgan fingerprint density at radius 2 is 2.19 bits per heavy atom. The lowest BCUT2D eigenvalue weighted by Crippen LogP contribution is -2.03. The summed E-state index contributed by atoms with van der Waals surface area (Å²) in [6.07, 6.45) is 1.27. The van der Waals surface area contributed by atoms with E-state index >= 15 is 0 Å². The molecule has 110 valence electrons. The Morgan fingerprint density at radius 3 is 2.86 bits per heavy atom. The van der Waals surface area contributed by atoms with Gasteiger partial charge in [-0.05, 0) is 37.6 Å². The second-order valence-electron chi connectivity index (χ2n) is 4.55. The van der Waals surface area contributed by atoms with E-state index in [9.17, 15) is 10.1 Å². The molecule has 6 heteroatoms. The van der Waals surface area contributed by atoms with Crippen molar-refractivity contribution in [2.75, 3.05) is 11.9 Å². The summed E-state index contributed by atoms with van der Waals surface area (Å²) in [6, 6.07) is 9.44. The number of benzene rings is 1. The molecule has 0 saturated heterocycles. The van der Waals surface area contributed by atoms with E-state index < -0.39 is 4.92 Å². The van der Waals surface area contributed by atoms with Crippen LogP contribution in [-0.4, -0.2) is 16.5 Å².